The molecule has 0 bridgehead atoms. The van der Waals surface area contributed by atoms with Crippen molar-refractivity contribution in [3.8, 4) is 6.07 Å². The van der Waals surface area contributed by atoms with Crippen molar-refractivity contribution in [1.82, 2.24) is 4.98 Å². The molecule has 0 saturated heterocycles. The van der Waals surface area contributed by atoms with Crippen molar-refractivity contribution in [1.29, 1.82) is 5.26 Å². The first kappa shape index (κ1) is 10.8. The maximum atomic E-state index is 8.86. The third-order valence-corrected chi connectivity index (χ3v) is 3.29. The lowest BCUT2D eigenvalue weighted by atomic mass is 10.1. The Morgan fingerprint density at radius 2 is 1.89 bits per heavy atom. The summed E-state index contributed by atoms with van der Waals surface area (Å²) in [4.78, 5) is 4.25. The molecule has 3 rings (SSSR count). The number of nitrogens with zero attached hydrogens (tertiary/aromatic N) is 2. The van der Waals surface area contributed by atoms with Gasteiger partial charge in [-0.05, 0) is 36.1 Å². The van der Waals surface area contributed by atoms with Gasteiger partial charge in [0, 0.05) is 12.2 Å². The Morgan fingerprint density at radius 1 is 1.17 bits per heavy atom. The lowest BCUT2D eigenvalue weighted by Crippen LogP contribution is -2.20. The van der Waals surface area contributed by atoms with Gasteiger partial charge < -0.3 is 5.32 Å². The molecule has 0 atom stereocenters. The minimum absolute atomic E-state index is 0.379. The molecule has 0 amide bonds. The van der Waals surface area contributed by atoms with Gasteiger partial charge >= 0.3 is 0 Å². The second-order valence-corrected chi connectivity index (χ2v) is 4.56. The molecule has 1 aromatic carbocycles. The van der Waals surface area contributed by atoms with E-state index in [0.717, 1.165) is 18.7 Å². The fraction of sp³-hybridized carbons (Fsp3) is 0.200. The van der Waals surface area contributed by atoms with Gasteiger partial charge in [0.15, 0.2) is 0 Å². The molecule has 0 aliphatic heterocycles. The van der Waals surface area contributed by atoms with Crippen LogP contribution in [0.25, 0.3) is 0 Å². The predicted octanol–water partition coefficient (Wildman–Crippen LogP) is 2.53. The standard InChI is InChI=1S/C15H13N3/c16-10-11-5-6-17-15(7-11)18-14-8-12-3-1-2-4-13(12)9-14/h1-7,14H,8-9H2,(H,17,18). The van der Waals surface area contributed by atoms with Crippen molar-refractivity contribution in [2.75, 3.05) is 5.32 Å². The second kappa shape index (κ2) is 4.50. The number of aromatic nitrogens is 1. The summed E-state index contributed by atoms with van der Waals surface area (Å²) in [5, 5.41) is 12.3. The van der Waals surface area contributed by atoms with Crippen LogP contribution in [0.5, 0.6) is 0 Å². The van der Waals surface area contributed by atoms with E-state index in [0.29, 0.717) is 11.6 Å². The minimum atomic E-state index is 0.379. The Labute approximate surface area is 106 Å². The van der Waals surface area contributed by atoms with E-state index in [1.165, 1.54) is 11.1 Å². The highest BCUT2D eigenvalue weighted by atomic mass is 15.0. The van der Waals surface area contributed by atoms with E-state index in [9.17, 15) is 0 Å². The van der Waals surface area contributed by atoms with Gasteiger partial charge in [0.2, 0.25) is 0 Å². The predicted molar refractivity (Wildman–Crippen MR) is 70.2 cm³/mol. The van der Waals surface area contributed by atoms with Crippen LogP contribution in [-0.4, -0.2) is 11.0 Å². The van der Waals surface area contributed by atoms with Gasteiger partial charge in [0.25, 0.3) is 0 Å². The molecule has 0 saturated carbocycles. The van der Waals surface area contributed by atoms with Crippen LogP contribution in [0, 0.1) is 11.3 Å². The van der Waals surface area contributed by atoms with Crippen molar-refractivity contribution in [2.45, 2.75) is 18.9 Å². The number of benzene rings is 1. The maximum absolute atomic E-state index is 8.86. The highest BCUT2D eigenvalue weighted by Gasteiger charge is 2.20. The smallest absolute Gasteiger partial charge is 0.127 e. The van der Waals surface area contributed by atoms with E-state index in [1.54, 1.807) is 18.3 Å². The second-order valence-electron chi connectivity index (χ2n) is 4.56. The summed E-state index contributed by atoms with van der Waals surface area (Å²) in [6.45, 7) is 0. The Kier molecular flexibility index (Phi) is 2.70. The van der Waals surface area contributed by atoms with Gasteiger partial charge in [-0.15, -0.1) is 0 Å². The zero-order valence-electron chi connectivity index (χ0n) is 9.93. The SMILES string of the molecule is N#Cc1ccnc(NC2Cc3ccccc3C2)c1. The van der Waals surface area contributed by atoms with Crippen molar-refractivity contribution in [3.05, 3.63) is 59.3 Å². The molecule has 2 aromatic rings. The number of hydrogen-bond donors (Lipinski definition) is 1. The lowest BCUT2D eigenvalue weighted by molar-refractivity contribution is 0.769. The third-order valence-electron chi connectivity index (χ3n) is 3.29. The van der Waals surface area contributed by atoms with Crippen LogP contribution < -0.4 is 5.32 Å². The first-order chi connectivity index (χ1) is 8.85. The number of anilines is 1. The van der Waals surface area contributed by atoms with Crippen molar-refractivity contribution in [3.63, 3.8) is 0 Å². The van der Waals surface area contributed by atoms with Gasteiger partial charge in [-0.1, -0.05) is 24.3 Å². The first-order valence-corrected chi connectivity index (χ1v) is 6.04. The summed E-state index contributed by atoms with van der Waals surface area (Å²) in [7, 11) is 0. The van der Waals surface area contributed by atoms with Crippen molar-refractivity contribution >= 4 is 5.82 Å². The fourth-order valence-corrected chi connectivity index (χ4v) is 2.45. The largest absolute Gasteiger partial charge is 0.367 e. The van der Waals surface area contributed by atoms with Crippen LogP contribution in [0.1, 0.15) is 16.7 Å². The number of rotatable bonds is 2. The molecule has 1 aliphatic rings. The molecule has 18 heavy (non-hydrogen) atoms. The number of pyridine rings is 1. The molecule has 0 fully saturated rings. The van der Waals surface area contributed by atoms with Crippen LogP contribution in [0.3, 0.4) is 0 Å². The van der Waals surface area contributed by atoms with Crippen LogP contribution in [0.4, 0.5) is 5.82 Å². The molecule has 3 heteroatoms. The normalized spacial score (nSPS) is 13.9. The highest BCUT2D eigenvalue weighted by Crippen LogP contribution is 2.23. The average molecular weight is 235 g/mol. The van der Waals surface area contributed by atoms with E-state index >= 15 is 0 Å². The Bertz CT molecular complexity index is 588. The van der Waals surface area contributed by atoms with E-state index in [2.05, 4.69) is 40.6 Å². The Hall–Kier alpha value is -2.34. The minimum Gasteiger partial charge on any atom is -0.367 e. The summed E-state index contributed by atoms with van der Waals surface area (Å²) in [6, 6.07) is 14.5. The summed E-state index contributed by atoms with van der Waals surface area (Å²) < 4.78 is 0. The van der Waals surface area contributed by atoms with Crippen LogP contribution >= 0.6 is 0 Å². The maximum Gasteiger partial charge on any atom is 0.127 e. The van der Waals surface area contributed by atoms with E-state index in [-0.39, 0.29) is 0 Å². The Morgan fingerprint density at radius 3 is 2.56 bits per heavy atom. The molecule has 1 aromatic heterocycles. The fourth-order valence-electron chi connectivity index (χ4n) is 2.45. The van der Waals surface area contributed by atoms with Crippen LogP contribution in [0.2, 0.25) is 0 Å². The summed E-state index contributed by atoms with van der Waals surface area (Å²) >= 11 is 0. The topological polar surface area (TPSA) is 48.7 Å². The molecule has 0 spiro atoms. The quantitative estimate of drug-likeness (QED) is 0.870. The number of hydrogen-bond acceptors (Lipinski definition) is 3. The molecule has 88 valence electrons. The molecular weight excluding hydrogens is 222 g/mol. The van der Waals surface area contributed by atoms with Gasteiger partial charge in [-0.25, -0.2) is 4.98 Å². The third kappa shape index (κ3) is 2.05. The monoisotopic (exact) mass is 235 g/mol. The average Bonchev–Trinajstić information content (AvgIpc) is 2.81. The molecule has 1 N–H and O–H groups in total. The summed E-state index contributed by atoms with van der Waals surface area (Å²) in [5.41, 5.74) is 3.46. The molecule has 3 nitrogen and oxygen atoms in total. The van der Waals surface area contributed by atoms with Crippen molar-refractivity contribution in [2.24, 2.45) is 0 Å². The lowest BCUT2D eigenvalue weighted by Gasteiger charge is -2.12. The number of nitrogens with one attached hydrogen (secondary N) is 1. The highest BCUT2D eigenvalue weighted by molar-refractivity contribution is 5.45. The molecule has 0 radical (unpaired) electrons. The molecule has 0 unspecified atom stereocenters. The van der Waals surface area contributed by atoms with E-state index < -0.39 is 0 Å². The zero-order chi connectivity index (χ0) is 12.4. The van der Waals surface area contributed by atoms with Gasteiger partial charge in [-0.3, -0.25) is 0 Å². The zero-order valence-corrected chi connectivity index (χ0v) is 9.93. The summed E-state index contributed by atoms with van der Waals surface area (Å²) in [5.74, 6) is 0.784. The van der Waals surface area contributed by atoms with E-state index in [1.807, 2.05) is 0 Å². The Balaban J connectivity index is 1.74. The van der Waals surface area contributed by atoms with Crippen LogP contribution in [0.15, 0.2) is 42.6 Å². The molecule has 1 heterocycles. The van der Waals surface area contributed by atoms with Crippen molar-refractivity contribution < 1.29 is 0 Å². The van der Waals surface area contributed by atoms with Gasteiger partial charge in [0.1, 0.15) is 5.82 Å². The number of fused-ring (bicyclic) bond motifs is 1. The van der Waals surface area contributed by atoms with Gasteiger partial charge in [0.05, 0.1) is 11.6 Å². The van der Waals surface area contributed by atoms with Gasteiger partial charge in [-0.2, -0.15) is 5.26 Å². The molecule has 1 aliphatic carbocycles. The summed E-state index contributed by atoms with van der Waals surface area (Å²) in [6.07, 6.45) is 3.71. The van der Waals surface area contributed by atoms with Crippen LogP contribution in [-0.2, 0) is 12.8 Å². The number of nitriles is 1. The molecular formula is C15H13N3. The first-order valence-electron chi connectivity index (χ1n) is 6.04. The van der Waals surface area contributed by atoms with E-state index in [4.69, 9.17) is 5.26 Å².